The van der Waals surface area contributed by atoms with Gasteiger partial charge in [-0.05, 0) is 53.1 Å². The Balaban J connectivity index is 1.71. The Labute approximate surface area is 221 Å². The minimum Gasteiger partial charge on any atom is -0.493 e. The van der Waals surface area contributed by atoms with Crippen molar-refractivity contribution >= 4 is 17.6 Å². The number of hydroxylamine groups is 1. The second kappa shape index (κ2) is 12.3. The lowest BCUT2D eigenvalue weighted by atomic mass is 10.0. The summed E-state index contributed by atoms with van der Waals surface area (Å²) in [4.78, 5) is 28.9. The van der Waals surface area contributed by atoms with E-state index in [1.165, 1.54) is 0 Å². The van der Waals surface area contributed by atoms with Crippen molar-refractivity contribution in [3.63, 3.8) is 0 Å². The van der Waals surface area contributed by atoms with Gasteiger partial charge in [-0.3, -0.25) is 14.9 Å². The predicted molar refractivity (Wildman–Crippen MR) is 141 cm³/mol. The van der Waals surface area contributed by atoms with Crippen LogP contribution in [0, 0.1) is 0 Å². The average Bonchev–Trinajstić information content (AvgIpc) is 2.99. The normalized spacial score (nSPS) is 13.0. The molecule has 1 saturated heterocycles. The van der Waals surface area contributed by atoms with E-state index in [0.717, 1.165) is 16.7 Å². The van der Waals surface area contributed by atoms with Crippen LogP contribution in [-0.2, 0) is 11.3 Å². The Hall–Kier alpha value is -4.28. The van der Waals surface area contributed by atoms with Crippen molar-refractivity contribution in [1.29, 1.82) is 0 Å². The lowest BCUT2D eigenvalue weighted by molar-refractivity contribution is 0.0548. The number of morpholine rings is 1. The zero-order valence-corrected chi connectivity index (χ0v) is 21.6. The minimum absolute atomic E-state index is 0.146. The van der Waals surface area contributed by atoms with E-state index in [4.69, 9.17) is 24.2 Å². The zero-order chi connectivity index (χ0) is 27.1. The van der Waals surface area contributed by atoms with E-state index < -0.39 is 5.91 Å². The predicted octanol–water partition coefficient (Wildman–Crippen LogP) is 3.96. The molecular formula is C28H31N3O7. The molecule has 4 rings (SSSR count). The van der Waals surface area contributed by atoms with Crippen LogP contribution in [0.15, 0.2) is 60.7 Å². The van der Waals surface area contributed by atoms with E-state index in [9.17, 15) is 9.59 Å². The van der Waals surface area contributed by atoms with Gasteiger partial charge in [-0.25, -0.2) is 10.3 Å². The van der Waals surface area contributed by atoms with E-state index in [2.05, 4.69) is 0 Å². The van der Waals surface area contributed by atoms with Crippen LogP contribution in [0.3, 0.4) is 0 Å². The Bertz CT molecular complexity index is 1250. The summed E-state index contributed by atoms with van der Waals surface area (Å²) in [6, 6.07) is 18.0. The second-order valence-corrected chi connectivity index (χ2v) is 8.57. The van der Waals surface area contributed by atoms with Gasteiger partial charge >= 0.3 is 6.03 Å². The molecule has 0 atom stereocenters. The van der Waals surface area contributed by atoms with Crippen molar-refractivity contribution in [2.75, 3.05) is 52.5 Å². The first-order valence-corrected chi connectivity index (χ1v) is 12.1. The number of nitrogens with zero attached hydrogens (tertiary/aromatic N) is 2. The van der Waals surface area contributed by atoms with Crippen LogP contribution in [0.25, 0.3) is 11.1 Å². The fourth-order valence-electron chi connectivity index (χ4n) is 4.30. The number of hydrogen-bond donors (Lipinski definition) is 2. The van der Waals surface area contributed by atoms with Crippen LogP contribution in [0.2, 0.25) is 0 Å². The van der Waals surface area contributed by atoms with E-state index >= 15 is 0 Å². The van der Waals surface area contributed by atoms with Crippen molar-refractivity contribution < 1.29 is 33.7 Å². The molecule has 0 unspecified atom stereocenters. The van der Waals surface area contributed by atoms with E-state index in [1.54, 1.807) is 60.9 Å². The summed E-state index contributed by atoms with van der Waals surface area (Å²) in [5.74, 6) is 0.953. The minimum atomic E-state index is -0.601. The van der Waals surface area contributed by atoms with Crippen LogP contribution in [0.1, 0.15) is 15.9 Å². The number of hydrogen-bond acceptors (Lipinski definition) is 7. The highest BCUT2D eigenvalue weighted by Crippen LogP contribution is 2.41. The number of nitrogens with one attached hydrogen (secondary N) is 1. The molecule has 3 aromatic rings. The van der Waals surface area contributed by atoms with Crippen molar-refractivity contribution in [1.82, 2.24) is 10.4 Å². The molecule has 2 N–H and O–H groups in total. The first kappa shape index (κ1) is 26.8. The lowest BCUT2D eigenvalue weighted by Crippen LogP contribution is -2.48. The maximum Gasteiger partial charge on any atom is 0.324 e. The van der Waals surface area contributed by atoms with Crippen LogP contribution < -0.4 is 24.6 Å². The van der Waals surface area contributed by atoms with E-state index in [0.29, 0.717) is 54.8 Å². The number of anilines is 1. The number of rotatable bonds is 8. The summed E-state index contributed by atoms with van der Waals surface area (Å²) in [5.41, 5.74) is 5.15. The van der Waals surface area contributed by atoms with Gasteiger partial charge in [0.2, 0.25) is 5.75 Å². The fraction of sp³-hybridized carbons (Fsp3) is 0.286. The largest absolute Gasteiger partial charge is 0.493 e. The van der Waals surface area contributed by atoms with Crippen LogP contribution in [-0.4, -0.2) is 69.7 Å². The van der Waals surface area contributed by atoms with Gasteiger partial charge in [0.15, 0.2) is 11.5 Å². The van der Waals surface area contributed by atoms with Gasteiger partial charge in [-0.2, -0.15) is 0 Å². The first-order valence-electron chi connectivity index (χ1n) is 12.1. The molecule has 10 heteroatoms. The molecule has 0 spiro atoms. The summed E-state index contributed by atoms with van der Waals surface area (Å²) in [6.45, 7) is 2.23. The second-order valence-electron chi connectivity index (χ2n) is 8.57. The van der Waals surface area contributed by atoms with Gasteiger partial charge in [-0.1, -0.05) is 24.3 Å². The van der Waals surface area contributed by atoms with Crippen molar-refractivity contribution in [2.45, 2.75) is 6.54 Å². The third-order valence-electron chi connectivity index (χ3n) is 6.33. The smallest absolute Gasteiger partial charge is 0.324 e. The summed E-state index contributed by atoms with van der Waals surface area (Å²) < 4.78 is 21.9. The summed E-state index contributed by atoms with van der Waals surface area (Å²) in [7, 11) is 4.68. The van der Waals surface area contributed by atoms with Crippen molar-refractivity contribution in [2.24, 2.45) is 0 Å². The third kappa shape index (κ3) is 5.82. The molecule has 0 aliphatic carbocycles. The number of carbonyl (C=O) groups excluding carboxylic acids is 2. The third-order valence-corrected chi connectivity index (χ3v) is 6.33. The maximum atomic E-state index is 13.7. The van der Waals surface area contributed by atoms with Gasteiger partial charge in [0.1, 0.15) is 0 Å². The number of urea groups is 1. The highest BCUT2D eigenvalue weighted by Gasteiger charge is 2.25. The zero-order valence-electron chi connectivity index (χ0n) is 21.6. The van der Waals surface area contributed by atoms with Crippen LogP contribution in [0.5, 0.6) is 17.2 Å². The quantitative estimate of drug-likeness (QED) is 0.341. The highest BCUT2D eigenvalue weighted by atomic mass is 16.5. The van der Waals surface area contributed by atoms with Crippen LogP contribution >= 0.6 is 0 Å². The Kier molecular flexibility index (Phi) is 8.67. The Morgan fingerprint density at radius 2 is 1.58 bits per heavy atom. The first-order chi connectivity index (χ1) is 18.5. The van der Waals surface area contributed by atoms with Crippen molar-refractivity contribution in [3.05, 3.63) is 71.8 Å². The van der Waals surface area contributed by atoms with Crippen LogP contribution in [0.4, 0.5) is 10.5 Å². The Morgan fingerprint density at radius 1 is 0.921 bits per heavy atom. The molecule has 38 heavy (non-hydrogen) atoms. The standard InChI is InChI=1S/C28H31N3O7/c1-35-24-16-22(17-25(36-2)26(24)37-3)21-5-4-6-23(15-21)31(28(33)30-11-13-38-14-12-30)18-19-7-9-20(10-8-19)27(32)29-34/h4-10,15-17,34H,11-14,18H2,1-3H3,(H,29,32). The molecule has 3 amide bonds. The van der Waals surface area contributed by atoms with Gasteiger partial charge in [0.25, 0.3) is 5.91 Å². The molecule has 1 aliphatic heterocycles. The number of ether oxygens (including phenoxy) is 4. The molecule has 1 heterocycles. The van der Waals surface area contributed by atoms with E-state index in [1.807, 2.05) is 36.4 Å². The SMILES string of the molecule is COc1cc(-c2cccc(N(Cc3ccc(C(=O)NO)cc3)C(=O)N3CCOCC3)c2)cc(OC)c1OC. The number of carbonyl (C=O) groups is 2. The molecule has 1 fully saturated rings. The highest BCUT2D eigenvalue weighted by molar-refractivity contribution is 5.94. The van der Waals surface area contributed by atoms with Gasteiger partial charge in [0.05, 0.1) is 41.1 Å². The molecule has 1 aliphatic rings. The molecule has 3 aromatic carbocycles. The number of methoxy groups -OCH3 is 3. The number of amides is 3. The topological polar surface area (TPSA) is 110 Å². The maximum absolute atomic E-state index is 13.7. The Morgan fingerprint density at radius 3 is 2.16 bits per heavy atom. The molecular weight excluding hydrogens is 490 g/mol. The monoisotopic (exact) mass is 521 g/mol. The molecule has 0 radical (unpaired) electrons. The van der Waals surface area contributed by atoms with Gasteiger partial charge < -0.3 is 23.8 Å². The van der Waals surface area contributed by atoms with Gasteiger partial charge in [-0.15, -0.1) is 0 Å². The van der Waals surface area contributed by atoms with Gasteiger partial charge in [0, 0.05) is 24.3 Å². The van der Waals surface area contributed by atoms with Crippen molar-refractivity contribution in [3.8, 4) is 28.4 Å². The summed E-state index contributed by atoms with van der Waals surface area (Å²) >= 11 is 0. The van der Waals surface area contributed by atoms with E-state index in [-0.39, 0.29) is 12.6 Å². The fourth-order valence-corrected chi connectivity index (χ4v) is 4.30. The lowest BCUT2D eigenvalue weighted by Gasteiger charge is -2.33. The molecule has 10 nitrogen and oxygen atoms in total. The molecule has 0 saturated carbocycles. The summed E-state index contributed by atoms with van der Waals surface area (Å²) in [6.07, 6.45) is 0. The number of benzene rings is 3. The molecule has 200 valence electrons. The molecule has 0 aromatic heterocycles. The molecule has 0 bridgehead atoms. The summed E-state index contributed by atoms with van der Waals surface area (Å²) in [5, 5.41) is 8.89. The average molecular weight is 522 g/mol.